The molecule has 0 N–H and O–H groups in total. The van der Waals surface area contributed by atoms with Crippen LogP contribution < -0.4 is 26.4 Å². The molecule has 0 unspecified atom stereocenters. The number of fused-ring (bicyclic) bond motifs is 7. The minimum atomic E-state index is -0.245. The number of benzene rings is 7. The van der Waals surface area contributed by atoms with Gasteiger partial charge in [-0.3, -0.25) is 0 Å². The van der Waals surface area contributed by atoms with Crippen molar-refractivity contribution in [1.29, 1.82) is 0 Å². The van der Waals surface area contributed by atoms with Crippen molar-refractivity contribution in [2.24, 2.45) is 0 Å². The predicted octanol–water partition coefficient (Wildman–Crippen LogP) is 15.1. The Morgan fingerprint density at radius 1 is 0.493 bits per heavy atom. The summed E-state index contributed by atoms with van der Waals surface area (Å²) in [5.74, 6) is 0. The highest BCUT2D eigenvalue weighted by atomic mass is 16.3. The summed E-state index contributed by atoms with van der Waals surface area (Å²) in [4.78, 5) is 5.09. The van der Waals surface area contributed by atoms with E-state index < -0.39 is 0 Å². The lowest BCUT2D eigenvalue weighted by Gasteiger charge is -2.43. The lowest BCUT2D eigenvalue weighted by Crippen LogP contribution is -2.61. The Labute approximate surface area is 400 Å². The summed E-state index contributed by atoms with van der Waals surface area (Å²) >= 11 is 0. The molecule has 0 spiro atoms. The van der Waals surface area contributed by atoms with E-state index in [1.807, 2.05) is 0 Å². The molecular weight excluding hydrogens is 812 g/mol. The van der Waals surface area contributed by atoms with Gasteiger partial charge in [-0.2, -0.15) is 0 Å². The van der Waals surface area contributed by atoms with Gasteiger partial charge in [0.15, 0.2) is 0 Å². The van der Waals surface area contributed by atoms with Crippen molar-refractivity contribution in [1.82, 2.24) is 0 Å². The SMILES string of the molecule is Cc1cc2c3c(c1)N(c1ccc(C(C)(C)C)cc1)c1c(oc4cc5c(cc14)C(C)(C)CCC5(C)C)B3c1cc(C(C)(C)c3ccccc3)ccc1N2c1ccc(C(C)(C)c2ccccc2)cc1. The van der Waals surface area contributed by atoms with Gasteiger partial charge < -0.3 is 14.2 Å². The van der Waals surface area contributed by atoms with Crippen molar-refractivity contribution >= 4 is 68.4 Å². The largest absolute Gasteiger partial charge is 0.468 e. The van der Waals surface area contributed by atoms with E-state index in [1.165, 1.54) is 77.9 Å². The molecule has 7 aromatic carbocycles. The van der Waals surface area contributed by atoms with Crippen LogP contribution in [0.4, 0.5) is 34.1 Å². The summed E-state index contributed by atoms with van der Waals surface area (Å²) in [6.07, 6.45) is 2.30. The zero-order valence-corrected chi connectivity index (χ0v) is 41.7. The molecule has 1 aromatic heterocycles. The van der Waals surface area contributed by atoms with Gasteiger partial charge in [0.1, 0.15) is 5.58 Å². The van der Waals surface area contributed by atoms with Gasteiger partial charge in [0.2, 0.25) is 0 Å². The van der Waals surface area contributed by atoms with Crippen LogP contribution in [0.2, 0.25) is 0 Å². The van der Waals surface area contributed by atoms with Gasteiger partial charge in [-0.15, -0.1) is 0 Å². The summed E-state index contributed by atoms with van der Waals surface area (Å²) in [5, 5.41) is 1.19. The molecule has 1 aliphatic carbocycles. The second-order valence-corrected chi connectivity index (χ2v) is 23.4. The summed E-state index contributed by atoms with van der Waals surface area (Å²) in [6, 6.07) is 57.6. The molecule has 4 heteroatoms. The molecule has 0 fully saturated rings. The highest BCUT2D eigenvalue weighted by molar-refractivity contribution is 7.00. The lowest BCUT2D eigenvalue weighted by atomic mass is 9.35. The topological polar surface area (TPSA) is 19.6 Å². The zero-order chi connectivity index (χ0) is 47.0. The van der Waals surface area contributed by atoms with Crippen LogP contribution in [0.5, 0.6) is 0 Å². The van der Waals surface area contributed by atoms with E-state index in [1.54, 1.807) is 0 Å². The predicted molar refractivity (Wildman–Crippen MR) is 286 cm³/mol. The van der Waals surface area contributed by atoms with E-state index in [-0.39, 0.29) is 33.8 Å². The van der Waals surface area contributed by atoms with Gasteiger partial charge in [0.25, 0.3) is 6.71 Å². The van der Waals surface area contributed by atoms with Gasteiger partial charge in [0.05, 0.1) is 11.3 Å². The van der Waals surface area contributed by atoms with Crippen molar-refractivity contribution in [2.75, 3.05) is 9.80 Å². The van der Waals surface area contributed by atoms with E-state index >= 15 is 0 Å². The summed E-state index contributed by atoms with van der Waals surface area (Å²) < 4.78 is 7.57. The molecule has 0 saturated carbocycles. The Balaban J connectivity index is 1.20. The van der Waals surface area contributed by atoms with Gasteiger partial charge >= 0.3 is 0 Å². The Hall–Kier alpha value is -6.26. The van der Waals surface area contributed by atoms with Crippen molar-refractivity contribution in [3.63, 3.8) is 0 Å². The van der Waals surface area contributed by atoms with Gasteiger partial charge in [-0.1, -0.05) is 173 Å². The Morgan fingerprint density at radius 2 is 0.970 bits per heavy atom. The quantitative estimate of drug-likeness (QED) is 0.155. The minimum Gasteiger partial charge on any atom is -0.468 e. The molecule has 3 heterocycles. The number of aryl methyl sites for hydroxylation is 1. The number of anilines is 6. The maximum atomic E-state index is 7.57. The number of rotatable bonds is 6. The average Bonchev–Trinajstić information content (AvgIpc) is 3.68. The fraction of sp³-hybridized carbons (Fsp3) is 0.302. The molecular formula is C63H65BN2O. The average molecular weight is 877 g/mol. The van der Waals surface area contributed by atoms with Crippen molar-refractivity contribution in [3.8, 4) is 0 Å². The van der Waals surface area contributed by atoms with Crippen molar-refractivity contribution in [2.45, 2.75) is 123 Å². The van der Waals surface area contributed by atoms with E-state index in [0.717, 1.165) is 41.1 Å². The van der Waals surface area contributed by atoms with E-state index in [0.29, 0.717) is 0 Å². The second-order valence-electron chi connectivity index (χ2n) is 23.4. The van der Waals surface area contributed by atoms with E-state index in [2.05, 4.69) is 245 Å². The fourth-order valence-corrected chi connectivity index (χ4v) is 11.8. The smallest absolute Gasteiger partial charge is 0.297 e. The van der Waals surface area contributed by atoms with Crippen LogP contribution >= 0.6 is 0 Å². The highest BCUT2D eigenvalue weighted by Gasteiger charge is 2.48. The van der Waals surface area contributed by atoms with Crippen LogP contribution in [-0.4, -0.2) is 6.71 Å². The Bertz CT molecular complexity index is 3220. The maximum Gasteiger partial charge on any atom is 0.297 e. The van der Waals surface area contributed by atoms with Gasteiger partial charge in [-0.25, -0.2) is 0 Å². The molecule has 336 valence electrons. The molecule has 2 aliphatic heterocycles. The highest BCUT2D eigenvalue weighted by Crippen LogP contribution is 2.52. The standard InChI is InChI=1S/C63H65BN2O/c1-40-35-53-56-54(36-40)66(47-28-23-41(24-29-47)59(2,3)4)57-48-38-49-50(61(7,8)34-33-60(49,5)6)39-55(48)67-58(57)64(56)51-37-45(63(11,12)43-21-17-14-18-22-43)27-32-52(51)65(53)46-30-25-44(26-31-46)62(9,10)42-19-15-13-16-20-42/h13-32,35-39H,33-34H2,1-12H3. The van der Waals surface area contributed by atoms with Crippen LogP contribution in [0.15, 0.2) is 156 Å². The first-order valence-electron chi connectivity index (χ1n) is 24.6. The lowest BCUT2D eigenvalue weighted by molar-refractivity contribution is 0.332. The van der Waals surface area contributed by atoms with Crippen LogP contribution in [-0.2, 0) is 27.1 Å². The summed E-state index contributed by atoms with van der Waals surface area (Å²) in [5.41, 5.74) is 21.9. The molecule has 11 rings (SSSR count). The number of nitrogens with zero attached hydrogens (tertiary/aromatic N) is 2. The third-order valence-corrected chi connectivity index (χ3v) is 16.3. The van der Waals surface area contributed by atoms with E-state index in [4.69, 9.17) is 4.42 Å². The van der Waals surface area contributed by atoms with E-state index in [9.17, 15) is 0 Å². The molecule has 67 heavy (non-hydrogen) atoms. The van der Waals surface area contributed by atoms with Crippen LogP contribution in [0, 0.1) is 6.92 Å². The minimum absolute atomic E-state index is 0.0280. The monoisotopic (exact) mass is 877 g/mol. The molecule has 0 amide bonds. The molecule has 8 aromatic rings. The molecule has 0 bridgehead atoms. The Morgan fingerprint density at radius 3 is 1.54 bits per heavy atom. The maximum absolute atomic E-state index is 7.57. The van der Waals surface area contributed by atoms with Crippen molar-refractivity contribution in [3.05, 3.63) is 196 Å². The number of furan rings is 1. The fourth-order valence-electron chi connectivity index (χ4n) is 11.8. The van der Waals surface area contributed by atoms with Crippen molar-refractivity contribution < 1.29 is 4.42 Å². The normalized spacial score (nSPS) is 16.1. The third-order valence-electron chi connectivity index (χ3n) is 16.3. The second kappa shape index (κ2) is 14.9. The molecule has 3 aliphatic rings. The Kier molecular flexibility index (Phi) is 9.62. The number of hydrogen-bond donors (Lipinski definition) is 0. The molecule has 0 radical (unpaired) electrons. The summed E-state index contributed by atoms with van der Waals surface area (Å²) in [6.45, 7) is 28.1. The van der Waals surface area contributed by atoms with Gasteiger partial charge in [-0.05, 0) is 146 Å². The molecule has 3 nitrogen and oxygen atoms in total. The first-order valence-corrected chi connectivity index (χ1v) is 24.6. The van der Waals surface area contributed by atoms with Crippen LogP contribution in [0.3, 0.4) is 0 Å². The molecule has 0 atom stereocenters. The molecule has 0 saturated heterocycles. The zero-order valence-electron chi connectivity index (χ0n) is 41.7. The number of hydrogen-bond acceptors (Lipinski definition) is 3. The third kappa shape index (κ3) is 6.75. The summed E-state index contributed by atoms with van der Waals surface area (Å²) in [7, 11) is 0. The first-order chi connectivity index (χ1) is 31.8. The van der Waals surface area contributed by atoms with Crippen LogP contribution in [0.1, 0.15) is 134 Å². The first kappa shape index (κ1) is 43.3. The van der Waals surface area contributed by atoms with Gasteiger partial charge in [0, 0.05) is 44.7 Å². The van der Waals surface area contributed by atoms with Crippen LogP contribution in [0.25, 0.3) is 11.0 Å².